The third-order valence-electron chi connectivity index (χ3n) is 3.61. The molecule has 0 atom stereocenters. The predicted octanol–water partition coefficient (Wildman–Crippen LogP) is 3.21. The van der Waals surface area contributed by atoms with Crippen molar-refractivity contribution in [2.45, 2.75) is 26.2 Å². The number of hydrogen-bond acceptors (Lipinski definition) is 5. The van der Waals surface area contributed by atoms with E-state index in [1.165, 1.54) is 6.20 Å². The average molecular weight is 327 g/mol. The van der Waals surface area contributed by atoms with Crippen LogP contribution in [0.2, 0.25) is 0 Å². The number of aromatic nitrogens is 2. The maximum Gasteiger partial charge on any atom is 0.271 e. The first kappa shape index (κ1) is 17.7. The van der Waals surface area contributed by atoms with Gasteiger partial charge >= 0.3 is 0 Å². The molecular weight excluding hydrogens is 302 g/mol. The highest BCUT2D eigenvalue weighted by atomic mass is 16.1. The van der Waals surface area contributed by atoms with Gasteiger partial charge in [-0.25, -0.2) is 9.97 Å². The van der Waals surface area contributed by atoms with E-state index in [-0.39, 0.29) is 5.91 Å². The van der Waals surface area contributed by atoms with Crippen LogP contribution in [0, 0.1) is 0 Å². The molecule has 24 heavy (non-hydrogen) atoms. The molecule has 0 aliphatic rings. The highest BCUT2D eigenvalue weighted by molar-refractivity contribution is 5.92. The monoisotopic (exact) mass is 327 g/mol. The van der Waals surface area contributed by atoms with Crippen molar-refractivity contribution in [1.29, 1.82) is 0 Å². The molecule has 1 amide bonds. The summed E-state index contributed by atoms with van der Waals surface area (Å²) in [5.41, 5.74) is 2.38. The lowest BCUT2D eigenvalue weighted by Gasteiger charge is -2.13. The lowest BCUT2D eigenvalue weighted by atomic mass is 10.2. The number of unbranched alkanes of at least 4 members (excludes halogenated alkanes) is 2. The zero-order valence-electron chi connectivity index (χ0n) is 14.5. The molecule has 6 heteroatoms. The van der Waals surface area contributed by atoms with Crippen LogP contribution in [0.4, 0.5) is 17.2 Å². The Kier molecular flexibility index (Phi) is 6.54. The summed E-state index contributed by atoms with van der Waals surface area (Å²) in [5.74, 6) is 0.427. The largest absolute Gasteiger partial charge is 0.378 e. The van der Waals surface area contributed by atoms with Crippen molar-refractivity contribution in [2.75, 3.05) is 30.9 Å². The highest BCUT2D eigenvalue weighted by Crippen LogP contribution is 2.18. The van der Waals surface area contributed by atoms with Crippen molar-refractivity contribution in [3.8, 4) is 0 Å². The Hall–Kier alpha value is -2.63. The normalized spacial score (nSPS) is 10.3. The van der Waals surface area contributed by atoms with Gasteiger partial charge < -0.3 is 15.5 Å². The molecule has 0 unspecified atom stereocenters. The van der Waals surface area contributed by atoms with Crippen molar-refractivity contribution in [3.63, 3.8) is 0 Å². The molecular formula is C18H25N5O. The molecule has 6 nitrogen and oxygen atoms in total. The van der Waals surface area contributed by atoms with E-state index in [0.29, 0.717) is 18.1 Å². The van der Waals surface area contributed by atoms with Crippen molar-refractivity contribution >= 4 is 23.1 Å². The molecule has 2 aromatic rings. The summed E-state index contributed by atoms with van der Waals surface area (Å²) in [4.78, 5) is 22.4. The molecule has 2 rings (SSSR count). The van der Waals surface area contributed by atoms with Crippen molar-refractivity contribution in [3.05, 3.63) is 42.4 Å². The van der Waals surface area contributed by atoms with E-state index in [9.17, 15) is 4.79 Å². The second-order valence-corrected chi connectivity index (χ2v) is 5.82. The van der Waals surface area contributed by atoms with Gasteiger partial charge in [-0.2, -0.15) is 0 Å². The van der Waals surface area contributed by atoms with Crippen molar-refractivity contribution < 1.29 is 4.79 Å². The topological polar surface area (TPSA) is 70.2 Å². The summed E-state index contributed by atoms with van der Waals surface area (Å²) in [7, 11) is 4.00. The van der Waals surface area contributed by atoms with E-state index < -0.39 is 0 Å². The van der Waals surface area contributed by atoms with Gasteiger partial charge in [-0.1, -0.05) is 19.8 Å². The summed E-state index contributed by atoms with van der Waals surface area (Å²) in [6.07, 6.45) is 6.29. The fourth-order valence-electron chi connectivity index (χ4n) is 2.17. The van der Waals surface area contributed by atoms with Crippen molar-refractivity contribution in [2.24, 2.45) is 0 Å². The van der Waals surface area contributed by atoms with E-state index in [0.717, 1.165) is 30.6 Å². The van der Waals surface area contributed by atoms with Gasteiger partial charge in [0.1, 0.15) is 11.5 Å². The van der Waals surface area contributed by atoms with Crippen LogP contribution in [0.15, 0.2) is 36.7 Å². The zero-order valence-corrected chi connectivity index (χ0v) is 14.5. The van der Waals surface area contributed by atoms with E-state index in [2.05, 4.69) is 27.5 Å². The minimum atomic E-state index is -0.180. The van der Waals surface area contributed by atoms with Crippen LogP contribution in [-0.2, 0) is 0 Å². The van der Waals surface area contributed by atoms with Gasteiger partial charge in [-0.15, -0.1) is 0 Å². The van der Waals surface area contributed by atoms with Crippen LogP contribution < -0.4 is 15.5 Å². The smallest absolute Gasteiger partial charge is 0.271 e. The minimum Gasteiger partial charge on any atom is -0.378 e. The molecule has 1 aromatic carbocycles. The summed E-state index contributed by atoms with van der Waals surface area (Å²) in [5, 5.41) is 6.03. The molecule has 0 spiro atoms. The van der Waals surface area contributed by atoms with Gasteiger partial charge in [-0.05, 0) is 30.7 Å². The third-order valence-corrected chi connectivity index (χ3v) is 3.61. The molecule has 0 radical (unpaired) electrons. The molecule has 0 bridgehead atoms. The fraction of sp³-hybridized carbons (Fsp3) is 0.389. The molecule has 2 N–H and O–H groups in total. The summed E-state index contributed by atoms with van der Waals surface area (Å²) in [6.45, 7) is 2.81. The first-order valence-electron chi connectivity index (χ1n) is 8.25. The minimum absolute atomic E-state index is 0.180. The molecule has 0 saturated carbocycles. The number of carbonyl (C=O) groups excluding carboxylic acids is 1. The summed E-state index contributed by atoms with van der Waals surface area (Å²) < 4.78 is 0. The van der Waals surface area contributed by atoms with E-state index in [1.807, 2.05) is 43.3 Å². The number of rotatable bonds is 8. The van der Waals surface area contributed by atoms with Crippen LogP contribution in [-0.4, -0.2) is 36.5 Å². The maximum atomic E-state index is 11.9. The standard InChI is InChI=1S/C18H25N5O/c1-4-5-6-11-19-18(24)16-12-21-17(13-20-16)22-14-7-9-15(10-8-14)23(2)3/h7-10,12-13H,4-6,11H2,1-3H3,(H,19,24)(H,21,22). The molecule has 0 fully saturated rings. The van der Waals surface area contributed by atoms with E-state index in [4.69, 9.17) is 0 Å². The van der Waals surface area contributed by atoms with Crippen LogP contribution in [0.5, 0.6) is 0 Å². The Labute approximate surface area is 143 Å². The number of nitrogens with zero attached hydrogens (tertiary/aromatic N) is 3. The van der Waals surface area contributed by atoms with Gasteiger partial charge in [0.25, 0.3) is 5.91 Å². The number of amides is 1. The molecule has 0 saturated heterocycles. The van der Waals surface area contributed by atoms with Crippen LogP contribution >= 0.6 is 0 Å². The lowest BCUT2D eigenvalue weighted by Crippen LogP contribution is -2.25. The van der Waals surface area contributed by atoms with Gasteiger partial charge in [0, 0.05) is 32.0 Å². The molecule has 128 valence electrons. The average Bonchev–Trinajstić information content (AvgIpc) is 2.59. The van der Waals surface area contributed by atoms with Crippen LogP contribution in [0.3, 0.4) is 0 Å². The van der Waals surface area contributed by atoms with Gasteiger partial charge in [0.2, 0.25) is 0 Å². The Balaban J connectivity index is 1.90. The highest BCUT2D eigenvalue weighted by Gasteiger charge is 2.07. The van der Waals surface area contributed by atoms with Gasteiger partial charge in [0.15, 0.2) is 0 Å². The molecule has 1 heterocycles. The number of nitrogens with one attached hydrogen (secondary N) is 2. The second-order valence-electron chi connectivity index (χ2n) is 5.82. The van der Waals surface area contributed by atoms with Crippen molar-refractivity contribution in [1.82, 2.24) is 15.3 Å². The fourth-order valence-corrected chi connectivity index (χ4v) is 2.17. The van der Waals surface area contributed by atoms with Crippen LogP contribution in [0.1, 0.15) is 36.7 Å². The van der Waals surface area contributed by atoms with Gasteiger partial charge in [0.05, 0.1) is 12.4 Å². The number of hydrogen-bond donors (Lipinski definition) is 2. The van der Waals surface area contributed by atoms with Crippen LogP contribution in [0.25, 0.3) is 0 Å². The first-order chi connectivity index (χ1) is 11.6. The number of carbonyl (C=O) groups is 1. The quantitative estimate of drug-likeness (QED) is 0.729. The number of benzene rings is 1. The molecule has 1 aromatic heterocycles. The molecule has 0 aliphatic heterocycles. The zero-order chi connectivity index (χ0) is 17.4. The van der Waals surface area contributed by atoms with E-state index in [1.54, 1.807) is 6.20 Å². The Morgan fingerprint density at radius 1 is 1.08 bits per heavy atom. The first-order valence-corrected chi connectivity index (χ1v) is 8.25. The second kappa shape index (κ2) is 8.86. The SMILES string of the molecule is CCCCCNC(=O)c1cnc(Nc2ccc(N(C)C)cc2)cn1. The van der Waals surface area contributed by atoms with E-state index >= 15 is 0 Å². The Bertz CT molecular complexity index is 637. The number of anilines is 3. The van der Waals surface area contributed by atoms with Gasteiger partial charge in [-0.3, -0.25) is 4.79 Å². The molecule has 0 aliphatic carbocycles. The summed E-state index contributed by atoms with van der Waals surface area (Å²) >= 11 is 0. The Morgan fingerprint density at radius 2 is 1.83 bits per heavy atom. The third kappa shape index (κ3) is 5.22. The summed E-state index contributed by atoms with van der Waals surface area (Å²) in [6, 6.07) is 8.00. The lowest BCUT2D eigenvalue weighted by molar-refractivity contribution is 0.0947. The predicted molar refractivity (Wildman–Crippen MR) is 97.9 cm³/mol. The Morgan fingerprint density at radius 3 is 2.42 bits per heavy atom. The maximum absolute atomic E-state index is 11.9.